The predicted molar refractivity (Wildman–Crippen MR) is 72.0 cm³/mol. The van der Waals surface area contributed by atoms with Gasteiger partial charge in [-0.3, -0.25) is 4.79 Å². The second-order valence-electron chi connectivity index (χ2n) is 4.77. The SMILES string of the molecule is COc1ccc(CC2CCNC2)c(NC(C)=O)c1. The highest BCUT2D eigenvalue weighted by Crippen LogP contribution is 2.26. The van der Waals surface area contributed by atoms with Crippen molar-refractivity contribution in [2.45, 2.75) is 19.8 Å². The summed E-state index contributed by atoms with van der Waals surface area (Å²) in [4.78, 5) is 11.2. The van der Waals surface area contributed by atoms with Gasteiger partial charge >= 0.3 is 0 Å². The molecule has 1 amide bonds. The summed E-state index contributed by atoms with van der Waals surface area (Å²) in [5.74, 6) is 1.38. The molecule has 0 aliphatic carbocycles. The molecule has 98 valence electrons. The van der Waals surface area contributed by atoms with E-state index in [2.05, 4.69) is 10.6 Å². The second-order valence-corrected chi connectivity index (χ2v) is 4.77. The molecule has 1 heterocycles. The number of amides is 1. The van der Waals surface area contributed by atoms with Crippen molar-refractivity contribution in [3.63, 3.8) is 0 Å². The Morgan fingerprint density at radius 3 is 3.00 bits per heavy atom. The maximum atomic E-state index is 11.2. The smallest absolute Gasteiger partial charge is 0.221 e. The van der Waals surface area contributed by atoms with Gasteiger partial charge in [0.1, 0.15) is 5.75 Å². The zero-order valence-corrected chi connectivity index (χ0v) is 11.0. The number of methoxy groups -OCH3 is 1. The van der Waals surface area contributed by atoms with E-state index in [4.69, 9.17) is 4.74 Å². The van der Waals surface area contributed by atoms with Crippen molar-refractivity contribution in [2.75, 3.05) is 25.5 Å². The summed E-state index contributed by atoms with van der Waals surface area (Å²) in [7, 11) is 1.63. The fraction of sp³-hybridized carbons (Fsp3) is 0.500. The van der Waals surface area contributed by atoms with E-state index in [1.165, 1.54) is 18.9 Å². The number of ether oxygens (including phenoxy) is 1. The van der Waals surface area contributed by atoms with E-state index in [1.807, 2.05) is 18.2 Å². The summed E-state index contributed by atoms with van der Waals surface area (Å²) in [5, 5.41) is 6.25. The third-order valence-corrected chi connectivity index (χ3v) is 3.30. The van der Waals surface area contributed by atoms with Crippen LogP contribution < -0.4 is 15.4 Å². The van der Waals surface area contributed by atoms with Crippen LogP contribution in [0.25, 0.3) is 0 Å². The Bertz CT molecular complexity index is 426. The molecule has 1 aromatic carbocycles. The van der Waals surface area contributed by atoms with Crippen LogP contribution in [0.5, 0.6) is 5.75 Å². The predicted octanol–water partition coefficient (Wildman–Crippen LogP) is 1.81. The molecule has 0 aromatic heterocycles. The minimum absolute atomic E-state index is 0.0472. The highest BCUT2D eigenvalue weighted by atomic mass is 16.5. The first-order valence-corrected chi connectivity index (χ1v) is 6.34. The van der Waals surface area contributed by atoms with Crippen molar-refractivity contribution in [3.8, 4) is 5.75 Å². The zero-order valence-electron chi connectivity index (χ0n) is 11.0. The van der Waals surface area contributed by atoms with Gasteiger partial charge in [-0.15, -0.1) is 0 Å². The Labute approximate surface area is 108 Å². The Kier molecular flexibility index (Phi) is 4.20. The monoisotopic (exact) mass is 248 g/mol. The molecule has 0 saturated carbocycles. The number of rotatable bonds is 4. The molecule has 1 aliphatic rings. The van der Waals surface area contributed by atoms with E-state index in [1.54, 1.807) is 7.11 Å². The number of anilines is 1. The fourth-order valence-electron chi connectivity index (χ4n) is 2.37. The normalized spacial score (nSPS) is 18.7. The van der Waals surface area contributed by atoms with Crippen LogP contribution in [0, 0.1) is 5.92 Å². The molecule has 1 aliphatic heterocycles. The van der Waals surface area contributed by atoms with Crippen LogP contribution in [-0.4, -0.2) is 26.1 Å². The molecule has 0 radical (unpaired) electrons. The Morgan fingerprint density at radius 1 is 1.56 bits per heavy atom. The minimum atomic E-state index is -0.0472. The molecular formula is C14H20N2O2. The number of hydrogen-bond donors (Lipinski definition) is 2. The van der Waals surface area contributed by atoms with Crippen LogP contribution in [0.1, 0.15) is 18.9 Å². The topological polar surface area (TPSA) is 50.4 Å². The highest BCUT2D eigenvalue weighted by molar-refractivity contribution is 5.89. The van der Waals surface area contributed by atoms with E-state index in [0.29, 0.717) is 5.92 Å². The standard InChI is InChI=1S/C14H20N2O2/c1-10(17)16-14-8-13(18-2)4-3-12(14)7-11-5-6-15-9-11/h3-4,8,11,15H,5-7,9H2,1-2H3,(H,16,17). The van der Waals surface area contributed by atoms with Crippen molar-refractivity contribution in [1.82, 2.24) is 5.32 Å². The quantitative estimate of drug-likeness (QED) is 0.854. The Hall–Kier alpha value is -1.55. The van der Waals surface area contributed by atoms with E-state index in [0.717, 1.165) is 30.9 Å². The summed E-state index contributed by atoms with van der Waals surface area (Å²) in [5.41, 5.74) is 2.05. The molecule has 2 N–H and O–H groups in total. The third-order valence-electron chi connectivity index (χ3n) is 3.30. The minimum Gasteiger partial charge on any atom is -0.497 e. The summed E-state index contributed by atoms with van der Waals surface area (Å²) >= 11 is 0. The van der Waals surface area contributed by atoms with Gasteiger partial charge in [0.15, 0.2) is 0 Å². The lowest BCUT2D eigenvalue weighted by Gasteiger charge is -2.14. The summed E-state index contributed by atoms with van der Waals surface area (Å²) < 4.78 is 5.20. The van der Waals surface area contributed by atoms with Crippen LogP contribution in [0.2, 0.25) is 0 Å². The Balaban J connectivity index is 2.17. The molecular weight excluding hydrogens is 228 g/mol. The van der Waals surface area contributed by atoms with Crippen molar-refractivity contribution in [1.29, 1.82) is 0 Å². The average Bonchev–Trinajstić information content (AvgIpc) is 2.83. The zero-order chi connectivity index (χ0) is 13.0. The van der Waals surface area contributed by atoms with Crippen molar-refractivity contribution < 1.29 is 9.53 Å². The number of carbonyl (C=O) groups excluding carboxylic acids is 1. The van der Waals surface area contributed by atoms with Gasteiger partial charge in [-0.2, -0.15) is 0 Å². The van der Waals surface area contributed by atoms with E-state index in [-0.39, 0.29) is 5.91 Å². The molecule has 1 saturated heterocycles. The first-order valence-electron chi connectivity index (χ1n) is 6.34. The molecule has 4 nitrogen and oxygen atoms in total. The molecule has 1 unspecified atom stereocenters. The fourth-order valence-corrected chi connectivity index (χ4v) is 2.37. The maximum absolute atomic E-state index is 11.2. The summed E-state index contributed by atoms with van der Waals surface area (Å²) in [6, 6.07) is 5.88. The number of benzene rings is 1. The highest BCUT2D eigenvalue weighted by Gasteiger charge is 2.17. The van der Waals surface area contributed by atoms with Crippen LogP contribution >= 0.6 is 0 Å². The second kappa shape index (κ2) is 5.87. The number of nitrogens with one attached hydrogen (secondary N) is 2. The molecule has 1 atom stereocenters. The van der Waals surface area contributed by atoms with E-state index in [9.17, 15) is 4.79 Å². The lowest BCUT2D eigenvalue weighted by Crippen LogP contribution is -2.13. The van der Waals surface area contributed by atoms with Gasteiger partial charge in [-0.1, -0.05) is 6.07 Å². The van der Waals surface area contributed by atoms with Crippen LogP contribution in [0.4, 0.5) is 5.69 Å². The number of carbonyl (C=O) groups is 1. The lowest BCUT2D eigenvalue weighted by molar-refractivity contribution is -0.114. The van der Waals surface area contributed by atoms with E-state index < -0.39 is 0 Å². The lowest BCUT2D eigenvalue weighted by atomic mass is 9.97. The van der Waals surface area contributed by atoms with Gasteiger partial charge in [-0.25, -0.2) is 0 Å². The average molecular weight is 248 g/mol. The van der Waals surface area contributed by atoms with Crippen molar-refractivity contribution in [3.05, 3.63) is 23.8 Å². The molecule has 1 aromatic rings. The van der Waals surface area contributed by atoms with E-state index >= 15 is 0 Å². The molecule has 0 spiro atoms. The van der Waals surface area contributed by atoms with Crippen molar-refractivity contribution in [2.24, 2.45) is 5.92 Å². The summed E-state index contributed by atoms with van der Waals surface area (Å²) in [6.07, 6.45) is 2.19. The largest absolute Gasteiger partial charge is 0.497 e. The summed E-state index contributed by atoms with van der Waals surface area (Å²) in [6.45, 7) is 3.68. The first kappa shape index (κ1) is 12.9. The molecule has 0 bridgehead atoms. The molecule has 1 fully saturated rings. The van der Waals surface area contributed by atoms with Crippen LogP contribution in [0.15, 0.2) is 18.2 Å². The first-order chi connectivity index (χ1) is 8.69. The van der Waals surface area contributed by atoms with Gasteiger partial charge < -0.3 is 15.4 Å². The van der Waals surface area contributed by atoms with Crippen molar-refractivity contribution >= 4 is 11.6 Å². The molecule has 2 rings (SSSR count). The van der Waals surface area contributed by atoms with Gasteiger partial charge in [-0.05, 0) is 43.5 Å². The third kappa shape index (κ3) is 3.23. The molecule has 18 heavy (non-hydrogen) atoms. The van der Waals surface area contributed by atoms with Crippen LogP contribution in [0.3, 0.4) is 0 Å². The van der Waals surface area contributed by atoms with Gasteiger partial charge in [0, 0.05) is 18.7 Å². The van der Waals surface area contributed by atoms with Crippen LogP contribution in [-0.2, 0) is 11.2 Å². The maximum Gasteiger partial charge on any atom is 0.221 e. The van der Waals surface area contributed by atoms with Gasteiger partial charge in [0.2, 0.25) is 5.91 Å². The number of hydrogen-bond acceptors (Lipinski definition) is 3. The van der Waals surface area contributed by atoms with Gasteiger partial charge in [0.05, 0.1) is 7.11 Å². The Morgan fingerprint density at radius 2 is 2.39 bits per heavy atom. The van der Waals surface area contributed by atoms with Gasteiger partial charge in [0.25, 0.3) is 0 Å². The molecule has 4 heteroatoms.